The van der Waals surface area contributed by atoms with Crippen molar-refractivity contribution in [3.63, 3.8) is 0 Å². The van der Waals surface area contributed by atoms with Gasteiger partial charge < -0.3 is 19.5 Å². The number of hydrogen-bond donors (Lipinski definition) is 1. The molecule has 0 radical (unpaired) electrons. The van der Waals surface area contributed by atoms with Gasteiger partial charge in [-0.25, -0.2) is 4.68 Å². The average molecular weight is 486 g/mol. The Balaban J connectivity index is 1.45. The fourth-order valence-electron chi connectivity index (χ4n) is 3.81. The summed E-state index contributed by atoms with van der Waals surface area (Å²) in [5.41, 5.74) is 4.87. The Morgan fingerprint density at radius 2 is 1.58 bits per heavy atom. The Hall–Kier alpha value is -4.26. The number of para-hydroxylation sites is 1. The van der Waals surface area contributed by atoms with Crippen LogP contribution in [0.3, 0.4) is 0 Å². The SMILES string of the molecule is CCOc1cc(C(=O)Nc2c(C)nn(-c3ccc(C)cc3)c2C)ccc1OCCOc1ccccc1. The third-order valence-electron chi connectivity index (χ3n) is 5.67. The summed E-state index contributed by atoms with van der Waals surface area (Å²) < 4.78 is 19.1. The molecular formula is C29H31N3O4. The van der Waals surface area contributed by atoms with Crippen LogP contribution in [0.15, 0.2) is 72.8 Å². The van der Waals surface area contributed by atoms with Crippen molar-refractivity contribution in [2.24, 2.45) is 0 Å². The number of hydrogen-bond acceptors (Lipinski definition) is 5. The Morgan fingerprint density at radius 3 is 2.31 bits per heavy atom. The van der Waals surface area contributed by atoms with E-state index in [1.54, 1.807) is 18.2 Å². The van der Waals surface area contributed by atoms with Gasteiger partial charge in [-0.3, -0.25) is 4.79 Å². The molecule has 0 unspecified atom stereocenters. The molecule has 0 bridgehead atoms. The molecule has 1 N–H and O–H groups in total. The lowest BCUT2D eigenvalue weighted by atomic mass is 10.1. The molecule has 3 aromatic carbocycles. The summed E-state index contributed by atoms with van der Waals surface area (Å²) in [7, 11) is 0. The molecule has 36 heavy (non-hydrogen) atoms. The molecule has 4 rings (SSSR count). The van der Waals surface area contributed by atoms with Crippen molar-refractivity contribution in [1.29, 1.82) is 0 Å². The molecule has 0 aliphatic rings. The molecule has 0 aliphatic carbocycles. The fraction of sp³-hybridized carbons (Fsp3) is 0.241. The van der Waals surface area contributed by atoms with Gasteiger partial charge in [0.1, 0.15) is 19.0 Å². The first-order valence-electron chi connectivity index (χ1n) is 12.0. The van der Waals surface area contributed by atoms with E-state index in [9.17, 15) is 4.79 Å². The third kappa shape index (κ3) is 5.86. The van der Waals surface area contributed by atoms with Crippen LogP contribution in [0.4, 0.5) is 5.69 Å². The van der Waals surface area contributed by atoms with Crippen LogP contribution >= 0.6 is 0 Å². The molecule has 0 spiro atoms. The number of ether oxygens (including phenoxy) is 3. The lowest BCUT2D eigenvalue weighted by Gasteiger charge is -2.14. The van der Waals surface area contributed by atoms with E-state index >= 15 is 0 Å². The standard InChI is InChI=1S/C29H31N3O4/c1-5-34-27-19-23(13-16-26(27)36-18-17-35-25-9-7-6-8-10-25)29(33)30-28-21(3)31-32(22(28)4)24-14-11-20(2)12-15-24/h6-16,19H,5,17-18H2,1-4H3,(H,30,33). The molecule has 7 nitrogen and oxygen atoms in total. The van der Waals surface area contributed by atoms with Crippen LogP contribution in [0.1, 0.15) is 34.2 Å². The van der Waals surface area contributed by atoms with Gasteiger partial charge in [-0.15, -0.1) is 0 Å². The zero-order valence-corrected chi connectivity index (χ0v) is 21.1. The molecule has 1 aromatic heterocycles. The zero-order chi connectivity index (χ0) is 25.5. The fourth-order valence-corrected chi connectivity index (χ4v) is 3.81. The van der Waals surface area contributed by atoms with Gasteiger partial charge in [0.05, 0.1) is 29.4 Å². The average Bonchev–Trinajstić information content (AvgIpc) is 3.16. The smallest absolute Gasteiger partial charge is 0.255 e. The maximum atomic E-state index is 13.1. The van der Waals surface area contributed by atoms with Crippen molar-refractivity contribution in [3.8, 4) is 22.9 Å². The van der Waals surface area contributed by atoms with Gasteiger partial charge in [-0.05, 0) is 70.2 Å². The van der Waals surface area contributed by atoms with Crippen molar-refractivity contribution < 1.29 is 19.0 Å². The number of nitrogens with zero attached hydrogens (tertiary/aromatic N) is 2. The van der Waals surface area contributed by atoms with Crippen molar-refractivity contribution in [2.45, 2.75) is 27.7 Å². The molecule has 186 valence electrons. The Morgan fingerprint density at radius 1 is 0.861 bits per heavy atom. The summed E-state index contributed by atoms with van der Waals surface area (Å²) in [5.74, 6) is 1.61. The molecule has 0 aliphatic heterocycles. The highest BCUT2D eigenvalue weighted by Crippen LogP contribution is 2.30. The monoisotopic (exact) mass is 485 g/mol. The number of aryl methyl sites for hydroxylation is 2. The minimum atomic E-state index is -0.246. The molecule has 1 heterocycles. The van der Waals surface area contributed by atoms with Gasteiger partial charge in [-0.1, -0.05) is 35.9 Å². The number of nitrogens with one attached hydrogen (secondary N) is 1. The van der Waals surface area contributed by atoms with E-state index in [1.165, 1.54) is 5.56 Å². The molecule has 4 aromatic rings. The molecule has 0 saturated carbocycles. The first kappa shape index (κ1) is 24.9. The van der Waals surface area contributed by atoms with Gasteiger partial charge in [-0.2, -0.15) is 5.10 Å². The Labute approximate surface area is 211 Å². The molecule has 0 saturated heterocycles. The summed E-state index contributed by atoms with van der Waals surface area (Å²) in [6.45, 7) is 8.94. The molecule has 0 fully saturated rings. The summed E-state index contributed by atoms with van der Waals surface area (Å²) in [6, 6.07) is 22.8. The lowest BCUT2D eigenvalue weighted by molar-refractivity contribution is 0.102. The minimum absolute atomic E-state index is 0.246. The second-order valence-electron chi connectivity index (χ2n) is 8.35. The number of carbonyl (C=O) groups excluding carboxylic acids is 1. The van der Waals surface area contributed by atoms with Crippen LogP contribution in [-0.4, -0.2) is 35.5 Å². The van der Waals surface area contributed by atoms with Gasteiger partial charge in [0.25, 0.3) is 5.91 Å². The number of benzene rings is 3. The van der Waals surface area contributed by atoms with Crippen LogP contribution in [0.25, 0.3) is 5.69 Å². The summed E-state index contributed by atoms with van der Waals surface area (Å²) in [5, 5.41) is 7.64. The van der Waals surface area contributed by atoms with Crippen molar-refractivity contribution in [1.82, 2.24) is 9.78 Å². The van der Waals surface area contributed by atoms with Crippen LogP contribution < -0.4 is 19.5 Å². The molecule has 0 atom stereocenters. The normalized spacial score (nSPS) is 10.7. The van der Waals surface area contributed by atoms with Crippen LogP contribution in [0, 0.1) is 20.8 Å². The van der Waals surface area contributed by atoms with E-state index in [2.05, 4.69) is 10.4 Å². The third-order valence-corrected chi connectivity index (χ3v) is 5.67. The predicted molar refractivity (Wildman–Crippen MR) is 141 cm³/mol. The van der Waals surface area contributed by atoms with E-state index in [1.807, 2.05) is 87.0 Å². The second-order valence-corrected chi connectivity index (χ2v) is 8.35. The van der Waals surface area contributed by atoms with E-state index in [0.29, 0.717) is 42.6 Å². The van der Waals surface area contributed by atoms with E-state index in [0.717, 1.165) is 22.8 Å². The second kappa shape index (κ2) is 11.4. The Kier molecular flexibility index (Phi) is 7.90. The number of rotatable bonds is 10. The number of carbonyl (C=O) groups is 1. The van der Waals surface area contributed by atoms with Crippen molar-refractivity contribution in [2.75, 3.05) is 25.1 Å². The first-order chi connectivity index (χ1) is 17.5. The number of aromatic nitrogens is 2. The Bertz CT molecular complexity index is 1310. The number of amides is 1. The number of anilines is 1. The highest BCUT2D eigenvalue weighted by atomic mass is 16.5. The van der Waals surface area contributed by atoms with Gasteiger partial charge >= 0.3 is 0 Å². The predicted octanol–water partition coefficient (Wildman–Crippen LogP) is 5.91. The van der Waals surface area contributed by atoms with Crippen molar-refractivity contribution in [3.05, 3.63) is 95.3 Å². The minimum Gasteiger partial charge on any atom is -0.490 e. The lowest BCUT2D eigenvalue weighted by Crippen LogP contribution is -2.14. The van der Waals surface area contributed by atoms with Crippen molar-refractivity contribution >= 4 is 11.6 Å². The van der Waals surface area contributed by atoms with E-state index in [4.69, 9.17) is 14.2 Å². The van der Waals surface area contributed by atoms with Gasteiger partial charge in [0.15, 0.2) is 11.5 Å². The van der Waals surface area contributed by atoms with E-state index < -0.39 is 0 Å². The zero-order valence-electron chi connectivity index (χ0n) is 21.1. The highest BCUT2D eigenvalue weighted by molar-refractivity contribution is 6.05. The van der Waals surface area contributed by atoms with Gasteiger partial charge in [0, 0.05) is 5.56 Å². The van der Waals surface area contributed by atoms with Crippen LogP contribution in [0.2, 0.25) is 0 Å². The summed E-state index contributed by atoms with van der Waals surface area (Å²) in [4.78, 5) is 13.1. The van der Waals surface area contributed by atoms with Crippen LogP contribution in [0.5, 0.6) is 17.2 Å². The maximum Gasteiger partial charge on any atom is 0.255 e. The largest absolute Gasteiger partial charge is 0.490 e. The van der Waals surface area contributed by atoms with Gasteiger partial charge in [0.2, 0.25) is 0 Å². The topological polar surface area (TPSA) is 74.6 Å². The highest BCUT2D eigenvalue weighted by Gasteiger charge is 2.18. The summed E-state index contributed by atoms with van der Waals surface area (Å²) in [6.07, 6.45) is 0. The molecule has 1 amide bonds. The van der Waals surface area contributed by atoms with E-state index in [-0.39, 0.29) is 5.91 Å². The molecular weight excluding hydrogens is 454 g/mol. The maximum absolute atomic E-state index is 13.1. The molecule has 7 heteroatoms. The summed E-state index contributed by atoms with van der Waals surface area (Å²) >= 11 is 0. The quantitative estimate of drug-likeness (QED) is 0.283. The van der Waals surface area contributed by atoms with Crippen LogP contribution in [-0.2, 0) is 0 Å². The first-order valence-corrected chi connectivity index (χ1v) is 12.0.